The van der Waals surface area contributed by atoms with Crippen molar-refractivity contribution < 1.29 is 4.42 Å². The predicted molar refractivity (Wildman–Crippen MR) is 62.7 cm³/mol. The first-order valence-electron chi connectivity index (χ1n) is 4.68. The van der Waals surface area contributed by atoms with Crippen LogP contribution in [0.25, 0.3) is 22.4 Å². The highest BCUT2D eigenvalue weighted by Crippen LogP contribution is 2.26. The normalized spacial score (nSPS) is 10.8. The van der Waals surface area contributed by atoms with E-state index >= 15 is 0 Å². The molecule has 0 saturated carbocycles. The van der Waals surface area contributed by atoms with E-state index in [1.807, 2.05) is 30.3 Å². The minimum absolute atomic E-state index is 0.378. The molecule has 2 heterocycles. The Morgan fingerprint density at radius 1 is 1.06 bits per heavy atom. The summed E-state index contributed by atoms with van der Waals surface area (Å²) in [6.07, 6.45) is 1.73. The second-order valence-corrected chi connectivity index (χ2v) is 3.91. The molecule has 16 heavy (non-hydrogen) atoms. The Labute approximate surface area is 99.5 Å². The molecule has 4 nitrogen and oxygen atoms in total. The maximum atomic E-state index is 5.34. The Kier molecular flexibility index (Phi) is 2.18. The van der Waals surface area contributed by atoms with Gasteiger partial charge >= 0.3 is 0 Å². The van der Waals surface area contributed by atoms with Crippen molar-refractivity contribution in [2.24, 2.45) is 0 Å². The Balaban J connectivity index is 2.31. The third kappa shape index (κ3) is 1.49. The van der Waals surface area contributed by atoms with Crippen LogP contribution >= 0.6 is 15.9 Å². The number of pyridine rings is 1. The van der Waals surface area contributed by atoms with Gasteiger partial charge in [-0.1, -0.05) is 18.2 Å². The van der Waals surface area contributed by atoms with E-state index < -0.39 is 0 Å². The van der Waals surface area contributed by atoms with Gasteiger partial charge in [0.15, 0.2) is 0 Å². The molecule has 0 aliphatic heterocycles. The van der Waals surface area contributed by atoms with E-state index in [1.54, 1.807) is 6.20 Å². The second kappa shape index (κ2) is 3.68. The van der Waals surface area contributed by atoms with Gasteiger partial charge in [-0.2, -0.15) is 0 Å². The molecule has 0 atom stereocenters. The van der Waals surface area contributed by atoms with Crippen LogP contribution in [0.15, 0.2) is 45.7 Å². The molecule has 5 heteroatoms. The van der Waals surface area contributed by atoms with Crippen molar-refractivity contribution in [2.45, 2.75) is 0 Å². The molecule has 0 amide bonds. The van der Waals surface area contributed by atoms with E-state index in [0.717, 1.165) is 16.5 Å². The van der Waals surface area contributed by atoms with Crippen LogP contribution in [0.5, 0.6) is 0 Å². The molecule has 0 fully saturated rings. The average Bonchev–Trinajstić information content (AvgIpc) is 2.75. The molecule has 0 spiro atoms. The van der Waals surface area contributed by atoms with Gasteiger partial charge in [-0.15, -0.1) is 10.2 Å². The van der Waals surface area contributed by atoms with E-state index in [-0.39, 0.29) is 0 Å². The lowest BCUT2D eigenvalue weighted by atomic mass is 10.1. The Bertz CT molecular complexity index is 645. The molecule has 2 aromatic heterocycles. The van der Waals surface area contributed by atoms with E-state index in [9.17, 15) is 0 Å². The topological polar surface area (TPSA) is 51.8 Å². The number of para-hydroxylation sites is 1. The fourth-order valence-electron chi connectivity index (χ4n) is 1.60. The number of aromatic nitrogens is 3. The number of hydrogen-bond acceptors (Lipinski definition) is 4. The molecule has 0 aliphatic rings. The van der Waals surface area contributed by atoms with Crippen molar-refractivity contribution in [1.82, 2.24) is 15.2 Å². The summed E-state index contributed by atoms with van der Waals surface area (Å²) in [5, 5.41) is 8.73. The molecule has 3 aromatic rings. The number of rotatable bonds is 1. The molecular weight excluding hydrogens is 270 g/mol. The summed E-state index contributed by atoms with van der Waals surface area (Å²) < 4.78 is 5.34. The second-order valence-electron chi connectivity index (χ2n) is 3.24. The first-order chi connectivity index (χ1) is 7.84. The maximum absolute atomic E-state index is 5.34. The summed E-state index contributed by atoms with van der Waals surface area (Å²) in [5.41, 5.74) is 1.80. The van der Waals surface area contributed by atoms with Crippen molar-refractivity contribution in [1.29, 1.82) is 0 Å². The predicted octanol–water partition coefficient (Wildman–Crippen LogP) is 3.05. The first kappa shape index (κ1) is 9.47. The van der Waals surface area contributed by atoms with Crippen LogP contribution in [0, 0.1) is 0 Å². The van der Waals surface area contributed by atoms with Gasteiger partial charge in [-0.05, 0) is 12.1 Å². The molecule has 3 rings (SSSR count). The Morgan fingerprint density at radius 3 is 2.75 bits per heavy atom. The summed E-state index contributed by atoms with van der Waals surface area (Å²) in [6, 6.07) is 9.70. The van der Waals surface area contributed by atoms with Crippen LogP contribution in [0.3, 0.4) is 0 Å². The summed E-state index contributed by atoms with van der Waals surface area (Å²) in [4.78, 5) is 4.65. The zero-order valence-corrected chi connectivity index (χ0v) is 9.68. The lowest BCUT2D eigenvalue weighted by Crippen LogP contribution is -1.83. The standard InChI is InChI=1S/C11H6BrN3O/c12-11-15-14-10(16-11)8-5-6-13-9-4-2-1-3-7(8)9/h1-6H. The molecule has 0 radical (unpaired) electrons. The molecule has 1 aromatic carbocycles. The van der Waals surface area contributed by atoms with Gasteiger partial charge in [0.05, 0.1) is 5.52 Å². The van der Waals surface area contributed by atoms with E-state index in [4.69, 9.17) is 4.42 Å². The fourth-order valence-corrected chi connectivity index (χ4v) is 1.83. The first-order valence-corrected chi connectivity index (χ1v) is 5.47. The highest BCUT2D eigenvalue weighted by Gasteiger charge is 2.10. The van der Waals surface area contributed by atoms with Crippen LogP contribution in [-0.2, 0) is 0 Å². The number of hydrogen-bond donors (Lipinski definition) is 0. The van der Waals surface area contributed by atoms with E-state index in [0.29, 0.717) is 10.7 Å². The van der Waals surface area contributed by atoms with Gasteiger partial charge in [-0.3, -0.25) is 4.98 Å². The van der Waals surface area contributed by atoms with Gasteiger partial charge in [0, 0.05) is 33.1 Å². The van der Waals surface area contributed by atoms with Crippen molar-refractivity contribution in [3.63, 3.8) is 0 Å². The van der Waals surface area contributed by atoms with Crippen molar-refractivity contribution in [2.75, 3.05) is 0 Å². The van der Waals surface area contributed by atoms with Gasteiger partial charge < -0.3 is 4.42 Å². The van der Waals surface area contributed by atoms with Crippen molar-refractivity contribution in [3.8, 4) is 11.5 Å². The maximum Gasteiger partial charge on any atom is 0.285 e. The lowest BCUT2D eigenvalue weighted by Gasteiger charge is -2.00. The van der Waals surface area contributed by atoms with Gasteiger partial charge in [0.25, 0.3) is 4.80 Å². The number of benzene rings is 1. The number of halogens is 1. The lowest BCUT2D eigenvalue weighted by molar-refractivity contribution is 0.541. The number of fused-ring (bicyclic) bond motifs is 1. The van der Waals surface area contributed by atoms with Crippen LogP contribution in [0.1, 0.15) is 0 Å². The van der Waals surface area contributed by atoms with Crippen LogP contribution in [-0.4, -0.2) is 15.2 Å². The van der Waals surface area contributed by atoms with E-state index in [1.165, 1.54) is 0 Å². The zero-order chi connectivity index (χ0) is 11.0. The third-order valence-electron chi connectivity index (χ3n) is 2.28. The minimum Gasteiger partial charge on any atom is -0.411 e. The minimum atomic E-state index is 0.378. The van der Waals surface area contributed by atoms with Gasteiger partial charge in [-0.25, -0.2) is 0 Å². The summed E-state index contributed by atoms with van der Waals surface area (Å²) >= 11 is 3.14. The molecule has 0 aliphatic carbocycles. The van der Waals surface area contributed by atoms with Crippen LogP contribution < -0.4 is 0 Å². The van der Waals surface area contributed by atoms with Crippen LogP contribution in [0.2, 0.25) is 0 Å². The number of nitrogens with zero attached hydrogens (tertiary/aromatic N) is 3. The SMILES string of the molecule is Brc1nnc(-c2ccnc3ccccc23)o1. The molecular formula is C11H6BrN3O. The highest BCUT2D eigenvalue weighted by molar-refractivity contribution is 9.10. The van der Waals surface area contributed by atoms with Crippen LogP contribution in [0.4, 0.5) is 0 Å². The molecule has 0 N–H and O–H groups in total. The average molecular weight is 276 g/mol. The van der Waals surface area contributed by atoms with Gasteiger partial charge in [0.2, 0.25) is 5.89 Å². The highest BCUT2D eigenvalue weighted by atomic mass is 79.9. The summed E-state index contributed by atoms with van der Waals surface area (Å²) in [6.45, 7) is 0. The van der Waals surface area contributed by atoms with Crippen molar-refractivity contribution >= 4 is 26.8 Å². The van der Waals surface area contributed by atoms with Gasteiger partial charge in [0.1, 0.15) is 0 Å². The van der Waals surface area contributed by atoms with Crippen molar-refractivity contribution in [3.05, 3.63) is 41.3 Å². The molecule has 0 unspecified atom stereocenters. The third-order valence-corrected chi connectivity index (χ3v) is 2.60. The molecule has 78 valence electrons. The molecule has 0 saturated heterocycles. The van der Waals surface area contributed by atoms with E-state index in [2.05, 4.69) is 31.1 Å². The zero-order valence-electron chi connectivity index (χ0n) is 8.09. The Morgan fingerprint density at radius 2 is 1.94 bits per heavy atom. The Hall–Kier alpha value is -1.75. The monoisotopic (exact) mass is 275 g/mol. The summed E-state index contributed by atoms with van der Waals surface area (Å²) in [7, 11) is 0. The smallest absolute Gasteiger partial charge is 0.285 e. The quantitative estimate of drug-likeness (QED) is 0.685. The largest absolute Gasteiger partial charge is 0.411 e. The fraction of sp³-hybridized carbons (Fsp3) is 0. The molecule has 0 bridgehead atoms. The summed E-state index contributed by atoms with van der Waals surface area (Å²) in [5.74, 6) is 0.491.